The lowest BCUT2D eigenvalue weighted by molar-refractivity contribution is -0.116. The third kappa shape index (κ3) is 4.00. The molecule has 0 saturated carbocycles. The van der Waals surface area contributed by atoms with Gasteiger partial charge >= 0.3 is 0 Å². The van der Waals surface area contributed by atoms with E-state index in [1.54, 1.807) is 18.2 Å². The smallest absolute Gasteiger partial charge is 0.244 e. The summed E-state index contributed by atoms with van der Waals surface area (Å²) in [6.45, 7) is 3.97. The van der Waals surface area contributed by atoms with Crippen LogP contribution in [0.2, 0.25) is 5.02 Å². The van der Waals surface area contributed by atoms with E-state index in [0.29, 0.717) is 11.6 Å². The van der Waals surface area contributed by atoms with Crippen molar-refractivity contribution in [3.63, 3.8) is 0 Å². The van der Waals surface area contributed by atoms with E-state index >= 15 is 0 Å². The zero-order valence-corrected chi connectivity index (χ0v) is 9.00. The molecule has 0 aliphatic carbocycles. The summed E-state index contributed by atoms with van der Waals surface area (Å²) in [4.78, 5) is 11.2. The fourth-order valence-electron chi connectivity index (χ4n) is 1.01. The SMILES string of the molecule is C=CCNC(=O)/C=C/c1ccccc1Cl. The molecular formula is C12H12ClNO. The predicted octanol–water partition coefficient (Wildman–Crippen LogP) is 2.66. The van der Waals surface area contributed by atoms with E-state index in [9.17, 15) is 4.79 Å². The number of halogens is 1. The molecule has 1 N–H and O–H groups in total. The summed E-state index contributed by atoms with van der Waals surface area (Å²) in [5.41, 5.74) is 0.827. The number of amides is 1. The van der Waals surface area contributed by atoms with Crippen molar-refractivity contribution in [3.8, 4) is 0 Å². The lowest BCUT2D eigenvalue weighted by atomic mass is 10.2. The molecule has 0 heterocycles. The zero-order valence-electron chi connectivity index (χ0n) is 8.24. The fraction of sp³-hybridized carbons (Fsp3) is 0.0833. The van der Waals surface area contributed by atoms with E-state index in [-0.39, 0.29) is 5.91 Å². The van der Waals surface area contributed by atoms with E-state index in [4.69, 9.17) is 11.6 Å². The standard InChI is InChI=1S/C12H12ClNO/c1-2-9-14-12(15)8-7-10-5-3-4-6-11(10)13/h2-8H,1,9H2,(H,14,15)/b8-7+. The molecule has 0 radical (unpaired) electrons. The first-order chi connectivity index (χ1) is 7.24. The second kappa shape index (κ2) is 6.04. The molecule has 0 bridgehead atoms. The predicted molar refractivity (Wildman–Crippen MR) is 63.7 cm³/mol. The molecule has 3 heteroatoms. The van der Waals surface area contributed by atoms with Gasteiger partial charge < -0.3 is 5.32 Å². The van der Waals surface area contributed by atoms with Gasteiger partial charge in [0.1, 0.15) is 0 Å². The highest BCUT2D eigenvalue weighted by atomic mass is 35.5. The highest BCUT2D eigenvalue weighted by molar-refractivity contribution is 6.32. The van der Waals surface area contributed by atoms with Gasteiger partial charge in [-0.2, -0.15) is 0 Å². The largest absolute Gasteiger partial charge is 0.349 e. The highest BCUT2D eigenvalue weighted by Gasteiger charge is 1.95. The van der Waals surface area contributed by atoms with Crippen molar-refractivity contribution in [2.24, 2.45) is 0 Å². The van der Waals surface area contributed by atoms with E-state index in [2.05, 4.69) is 11.9 Å². The van der Waals surface area contributed by atoms with E-state index in [1.165, 1.54) is 6.08 Å². The van der Waals surface area contributed by atoms with Crippen molar-refractivity contribution in [3.05, 3.63) is 53.6 Å². The van der Waals surface area contributed by atoms with Crippen molar-refractivity contribution < 1.29 is 4.79 Å². The number of nitrogens with one attached hydrogen (secondary N) is 1. The number of benzene rings is 1. The van der Waals surface area contributed by atoms with E-state index in [1.807, 2.05) is 18.2 Å². The zero-order chi connectivity index (χ0) is 11.1. The Labute approximate surface area is 94.3 Å². The number of hydrogen-bond acceptors (Lipinski definition) is 1. The first-order valence-electron chi connectivity index (χ1n) is 4.55. The minimum absolute atomic E-state index is 0.158. The second-order valence-electron chi connectivity index (χ2n) is 2.89. The second-order valence-corrected chi connectivity index (χ2v) is 3.30. The maximum Gasteiger partial charge on any atom is 0.244 e. The third-order valence-electron chi connectivity index (χ3n) is 1.74. The van der Waals surface area contributed by atoms with Gasteiger partial charge in [-0.25, -0.2) is 0 Å². The minimum atomic E-state index is -0.158. The molecule has 0 saturated heterocycles. The topological polar surface area (TPSA) is 29.1 Å². The number of carbonyl (C=O) groups excluding carboxylic acids is 1. The van der Waals surface area contributed by atoms with Gasteiger partial charge in [0.15, 0.2) is 0 Å². The van der Waals surface area contributed by atoms with Gasteiger partial charge in [0, 0.05) is 17.6 Å². The van der Waals surface area contributed by atoms with Crippen LogP contribution in [-0.4, -0.2) is 12.5 Å². The Kier molecular flexibility index (Phi) is 4.64. The Morgan fingerprint density at radius 2 is 2.20 bits per heavy atom. The van der Waals surface area contributed by atoms with E-state index < -0.39 is 0 Å². The van der Waals surface area contributed by atoms with Crippen molar-refractivity contribution in [1.29, 1.82) is 0 Å². The van der Waals surface area contributed by atoms with E-state index in [0.717, 1.165) is 5.56 Å². The molecule has 1 aromatic rings. The summed E-state index contributed by atoms with van der Waals surface area (Å²) in [6.07, 6.45) is 4.76. The van der Waals surface area contributed by atoms with Crippen LogP contribution >= 0.6 is 11.6 Å². The molecule has 78 valence electrons. The summed E-state index contributed by atoms with van der Waals surface area (Å²) in [5.74, 6) is -0.158. The Bertz CT molecular complexity index is 385. The molecule has 15 heavy (non-hydrogen) atoms. The maximum absolute atomic E-state index is 11.2. The molecule has 2 nitrogen and oxygen atoms in total. The van der Waals surface area contributed by atoms with Crippen LogP contribution < -0.4 is 5.32 Å². The Morgan fingerprint density at radius 3 is 2.87 bits per heavy atom. The minimum Gasteiger partial charge on any atom is -0.349 e. The molecule has 0 fully saturated rings. The summed E-state index contributed by atoms with van der Waals surface area (Å²) in [6, 6.07) is 7.34. The fourth-order valence-corrected chi connectivity index (χ4v) is 1.21. The van der Waals surface area contributed by atoms with Crippen molar-refractivity contribution in [1.82, 2.24) is 5.32 Å². The molecule has 0 aromatic heterocycles. The average Bonchev–Trinajstić information content (AvgIpc) is 2.25. The van der Waals surface area contributed by atoms with Crippen LogP contribution in [0.4, 0.5) is 0 Å². The van der Waals surface area contributed by atoms with Crippen LogP contribution in [-0.2, 0) is 4.79 Å². The number of rotatable bonds is 4. The van der Waals surface area contributed by atoms with Crippen LogP contribution in [0.1, 0.15) is 5.56 Å². The number of hydrogen-bond donors (Lipinski definition) is 1. The monoisotopic (exact) mass is 221 g/mol. The Morgan fingerprint density at radius 1 is 1.47 bits per heavy atom. The van der Waals surface area contributed by atoms with Crippen LogP contribution in [0, 0.1) is 0 Å². The lowest BCUT2D eigenvalue weighted by Gasteiger charge is -1.97. The van der Waals surface area contributed by atoms with Crippen LogP contribution in [0.15, 0.2) is 43.0 Å². The van der Waals surface area contributed by atoms with Crippen LogP contribution in [0.25, 0.3) is 6.08 Å². The summed E-state index contributed by atoms with van der Waals surface area (Å²) >= 11 is 5.91. The highest BCUT2D eigenvalue weighted by Crippen LogP contribution is 2.15. The average molecular weight is 222 g/mol. The quantitative estimate of drug-likeness (QED) is 0.615. The van der Waals surface area contributed by atoms with Gasteiger partial charge in [-0.1, -0.05) is 35.9 Å². The number of carbonyl (C=O) groups is 1. The van der Waals surface area contributed by atoms with Gasteiger partial charge in [0.05, 0.1) is 0 Å². The molecule has 1 amide bonds. The van der Waals surface area contributed by atoms with Gasteiger partial charge in [-0.05, 0) is 17.7 Å². The summed E-state index contributed by atoms with van der Waals surface area (Å²) < 4.78 is 0. The van der Waals surface area contributed by atoms with Crippen LogP contribution in [0.3, 0.4) is 0 Å². The molecule has 0 unspecified atom stereocenters. The summed E-state index contributed by atoms with van der Waals surface area (Å²) in [5, 5.41) is 3.27. The first-order valence-corrected chi connectivity index (χ1v) is 4.93. The van der Waals surface area contributed by atoms with Crippen molar-refractivity contribution >= 4 is 23.6 Å². The third-order valence-corrected chi connectivity index (χ3v) is 2.08. The first kappa shape index (κ1) is 11.5. The van der Waals surface area contributed by atoms with Gasteiger partial charge in [0.2, 0.25) is 5.91 Å². The van der Waals surface area contributed by atoms with Crippen molar-refractivity contribution in [2.45, 2.75) is 0 Å². The molecule has 0 spiro atoms. The maximum atomic E-state index is 11.2. The molecule has 0 aliphatic heterocycles. The molecule has 0 atom stereocenters. The molecule has 1 rings (SSSR count). The normalized spacial score (nSPS) is 10.2. The van der Waals surface area contributed by atoms with Gasteiger partial charge in [-0.3, -0.25) is 4.79 Å². The Balaban J connectivity index is 2.61. The molecular weight excluding hydrogens is 210 g/mol. The Hall–Kier alpha value is -1.54. The lowest BCUT2D eigenvalue weighted by Crippen LogP contribution is -2.20. The molecule has 1 aromatic carbocycles. The van der Waals surface area contributed by atoms with Gasteiger partial charge in [-0.15, -0.1) is 6.58 Å². The van der Waals surface area contributed by atoms with Crippen LogP contribution in [0.5, 0.6) is 0 Å². The van der Waals surface area contributed by atoms with Gasteiger partial charge in [0.25, 0.3) is 0 Å². The molecule has 0 aliphatic rings. The summed E-state index contributed by atoms with van der Waals surface area (Å²) in [7, 11) is 0. The van der Waals surface area contributed by atoms with Crippen molar-refractivity contribution in [2.75, 3.05) is 6.54 Å².